The molecule has 7 heteroatoms. The Kier molecular flexibility index (Phi) is 4.73. The van der Waals surface area contributed by atoms with E-state index >= 15 is 0 Å². The van der Waals surface area contributed by atoms with E-state index in [9.17, 15) is 4.79 Å². The molecular weight excluding hydrogens is 322 g/mol. The van der Waals surface area contributed by atoms with Crippen molar-refractivity contribution >= 4 is 22.4 Å². The lowest BCUT2D eigenvalue weighted by Gasteiger charge is -2.09. The van der Waals surface area contributed by atoms with Gasteiger partial charge in [-0.3, -0.25) is 14.8 Å². The highest BCUT2D eigenvalue weighted by Crippen LogP contribution is 2.25. The fourth-order valence-corrected chi connectivity index (χ4v) is 3.02. The molecule has 3 rings (SSSR count). The maximum atomic E-state index is 12.1. The number of aryl methyl sites for hydroxylation is 1. The van der Waals surface area contributed by atoms with Crippen LogP contribution in [0.4, 0.5) is 5.13 Å². The first-order chi connectivity index (χ1) is 11.5. The Morgan fingerprint density at radius 2 is 2.00 bits per heavy atom. The largest absolute Gasteiger partial charge is 0.305 e. The minimum Gasteiger partial charge on any atom is -0.305 e. The lowest BCUT2D eigenvalue weighted by atomic mass is 10.1. The number of nitrogens with one attached hydrogen (secondary N) is 1. The predicted molar refractivity (Wildman–Crippen MR) is 96.1 cm³/mol. The van der Waals surface area contributed by atoms with Gasteiger partial charge in [-0.05, 0) is 25.7 Å². The monoisotopic (exact) mass is 341 g/mol. The second-order valence-corrected chi connectivity index (χ2v) is 6.66. The van der Waals surface area contributed by atoms with E-state index in [1.807, 2.05) is 19.5 Å². The van der Waals surface area contributed by atoms with E-state index < -0.39 is 0 Å². The molecule has 124 valence electrons. The summed E-state index contributed by atoms with van der Waals surface area (Å²) in [6.45, 7) is 0.905. The molecule has 24 heavy (non-hydrogen) atoms. The SMILES string of the molecule is CN(C)Cc1ccc(-c2csc(NC(=O)c3ccn(C)n3)n2)cc1. The highest BCUT2D eigenvalue weighted by molar-refractivity contribution is 7.14. The van der Waals surface area contributed by atoms with Crippen molar-refractivity contribution in [3.8, 4) is 11.3 Å². The molecule has 0 bridgehead atoms. The molecule has 0 unspecified atom stereocenters. The molecule has 6 nitrogen and oxygen atoms in total. The van der Waals surface area contributed by atoms with Crippen LogP contribution in [0.25, 0.3) is 11.3 Å². The van der Waals surface area contributed by atoms with Gasteiger partial charge in [0.15, 0.2) is 10.8 Å². The van der Waals surface area contributed by atoms with E-state index in [0.717, 1.165) is 17.8 Å². The molecular formula is C17H19N5OS. The van der Waals surface area contributed by atoms with Crippen molar-refractivity contribution in [1.29, 1.82) is 0 Å². The van der Waals surface area contributed by atoms with E-state index in [-0.39, 0.29) is 5.91 Å². The quantitative estimate of drug-likeness (QED) is 0.775. The summed E-state index contributed by atoms with van der Waals surface area (Å²) in [5.41, 5.74) is 3.52. The van der Waals surface area contributed by atoms with Crippen LogP contribution in [0.15, 0.2) is 41.9 Å². The predicted octanol–water partition coefficient (Wildman–Crippen LogP) is 2.86. The summed E-state index contributed by atoms with van der Waals surface area (Å²) >= 11 is 1.40. The van der Waals surface area contributed by atoms with E-state index in [1.54, 1.807) is 24.0 Å². The number of amides is 1. The van der Waals surface area contributed by atoms with Gasteiger partial charge in [-0.15, -0.1) is 11.3 Å². The van der Waals surface area contributed by atoms with Gasteiger partial charge in [0.25, 0.3) is 5.91 Å². The molecule has 0 radical (unpaired) electrons. The van der Waals surface area contributed by atoms with Gasteiger partial charge in [-0.1, -0.05) is 24.3 Å². The number of nitrogens with zero attached hydrogens (tertiary/aromatic N) is 4. The van der Waals surface area contributed by atoms with Crippen LogP contribution in [-0.4, -0.2) is 39.7 Å². The zero-order chi connectivity index (χ0) is 17.1. The van der Waals surface area contributed by atoms with Crippen LogP contribution in [-0.2, 0) is 13.6 Å². The number of anilines is 1. The van der Waals surface area contributed by atoms with Crippen LogP contribution >= 0.6 is 11.3 Å². The molecule has 0 aliphatic heterocycles. The number of hydrogen-bond donors (Lipinski definition) is 1. The first-order valence-corrected chi connectivity index (χ1v) is 8.40. The fourth-order valence-electron chi connectivity index (χ4n) is 2.31. The Bertz CT molecular complexity index is 835. The van der Waals surface area contributed by atoms with E-state index in [2.05, 4.69) is 44.6 Å². The summed E-state index contributed by atoms with van der Waals surface area (Å²) < 4.78 is 1.59. The Labute approximate surface area is 144 Å². The zero-order valence-electron chi connectivity index (χ0n) is 13.9. The minimum absolute atomic E-state index is 0.252. The van der Waals surface area contributed by atoms with Crippen molar-refractivity contribution in [1.82, 2.24) is 19.7 Å². The number of benzene rings is 1. The van der Waals surface area contributed by atoms with Crippen molar-refractivity contribution in [2.45, 2.75) is 6.54 Å². The van der Waals surface area contributed by atoms with Gasteiger partial charge in [0, 0.05) is 30.7 Å². The van der Waals surface area contributed by atoms with Crippen LogP contribution in [0.1, 0.15) is 16.1 Å². The smallest absolute Gasteiger partial charge is 0.277 e. The molecule has 0 aliphatic rings. The maximum Gasteiger partial charge on any atom is 0.277 e. The van der Waals surface area contributed by atoms with E-state index in [0.29, 0.717) is 10.8 Å². The summed E-state index contributed by atoms with van der Waals surface area (Å²) in [5, 5.41) is 9.37. The van der Waals surface area contributed by atoms with Crippen LogP contribution in [0.5, 0.6) is 0 Å². The van der Waals surface area contributed by atoms with E-state index in [4.69, 9.17) is 0 Å². The van der Waals surface area contributed by atoms with Crippen LogP contribution in [0.3, 0.4) is 0 Å². The van der Waals surface area contributed by atoms with Gasteiger partial charge in [0.2, 0.25) is 0 Å². The van der Waals surface area contributed by atoms with E-state index in [1.165, 1.54) is 16.9 Å². The highest BCUT2D eigenvalue weighted by Gasteiger charge is 2.12. The summed E-state index contributed by atoms with van der Waals surface area (Å²) in [4.78, 5) is 18.7. The number of aromatic nitrogens is 3. The third-order valence-corrected chi connectivity index (χ3v) is 4.18. The normalized spacial score (nSPS) is 11.0. The number of carbonyl (C=O) groups is 1. The van der Waals surface area contributed by atoms with Crippen molar-refractivity contribution in [3.05, 3.63) is 53.2 Å². The van der Waals surface area contributed by atoms with Crippen molar-refractivity contribution in [2.75, 3.05) is 19.4 Å². The number of carbonyl (C=O) groups excluding carboxylic acids is 1. The number of rotatable bonds is 5. The standard InChI is InChI=1S/C17H19N5OS/c1-21(2)10-12-4-6-13(7-5-12)15-11-24-17(18-15)19-16(23)14-8-9-22(3)20-14/h4-9,11H,10H2,1-3H3,(H,18,19,23). The first-order valence-electron chi connectivity index (χ1n) is 7.52. The van der Waals surface area contributed by atoms with Gasteiger partial charge in [0.05, 0.1) is 5.69 Å². The molecule has 0 spiro atoms. The maximum absolute atomic E-state index is 12.1. The van der Waals surface area contributed by atoms with Gasteiger partial charge >= 0.3 is 0 Å². The first kappa shape index (κ1) is 16.4. The van der Waals surface area contributed by atoms with Gasteiger partial charge < -0.3 is 4.90 Å². The second-order valence-electron chi connectivity index (χ2n) is 5.80. The van der Waals surface area contributed by atoms with Gasteiger partial charge in [-0.25, -0.2) is 4.98 Å². The molecule has 0 saturated carbocycles. The average Bonchev–Trinajstić information content (AvgIpc) is 3.17. The molecule has 0 atom stereocenters. The van der Waals surface area contributed by atoms with Gasteiger partial charge in [-0.2, -0.15) is 5.10 Å². The van der Waals surface area contributed by atoms with Crippen molar-refractivity contribution in [2.24, 2.45) is 7.05 Å². The molecule has 0 saturated heterocycles. The fraction of sp³-hybridized carbons (Fsp3) is 0.235. The summed E-state index contributed by atoms with van der Waals surface area (Å²) in [6, 6.07) is 9.98. The molecule has 1 aromatic carbocycles. The third-order valence-electron chi connectivity index (χ3n) is 3.42. The zero-order valence-corrected chi connectivity index (χ0v) is 14.7. The van der Waals surface area contributed by atoms with Crippen LogP contribution < -0.4 is 5.32 Å². The summed E-state index contributed by atoms with van der Waals surface area (Å²) in [6.07, 6.45) is 1.73. The molecule has 3 aromatic rings. The van der Waals surface area contributed by atoms with Crippen molar-refractivity contribution < 1.29 is 4.79 Å². The Balaban J connectivity index is 1.70. The highest BCUT2D eigenvalue weighted by atomic mass is 32.1. The molecule has 2 heterocycles. The molecule has 2 aromatic heterocycles. The number of hydrogen-bond acceptors (Lipinski definition) is 5. The number of thiazole rings is 1. The van der Waals surface area contributed by atoms with Crippen LogP contribution in [0, 0.1) is 0 Å². The average molecular weight is 341 g/mol. The molecule has 1 N–H and O–H groups in total. The molecule has 0 aliphatic carbocycles. The van der Waals surface area contributed by atoms with Gasteiger partial charge in [0.1, 0.15) is 0 Å². The lowest BCUT2D eigenvalue weighted by molar-refractivity contribution is 0.102. The topological polar surface area (TPSA) is 63.1 Å². The molecule has 1 amide bonds. The lowest BCUT2D eigenvalue weighted by Crippen LogP contribution is -2.12. The van der Waals surface area contributed by atoms with Crippen LogP contribution in [0.2, 0.25) is 0 Å². The Morgan fingerprint density at radius 3 is 2.62 bits per heavy atom. The Morgan fingerprint density at radius 1 is 1.25 bits per heavy atom. The third kappa shape index (κ3) is 3.87. The minimum atomic E-state index is -0.252. The van der Waals surface area contributed by atoms with Crippen molar-refractivity contribution in [3.63, 3.8) is 0 Å². The Hall–Kier alpha value is -2.51. The second kappa shape index (κ2) is 6.94. The summed E-state index contributed by atoms with van der Waals surface area (Å²) in [7, 11) is 5.87. The summed E-state index contributed by atoms with van der Waals surface area (Å²) in [5.74, 6) is -0.252. The molecule has 0 fully saturated rings.